The maximum atomic E-state index is 4.32. The first kappa shape index (κ1) is 10.1. The second-order valence-electron chi connectivity index (χ2n) is 4.42. The Labute approximate surface area is 100 Å². The number of fused-ring (bicyclic) bond motifs is 1. The zero-order valence-electron chi connectivity index (χ0n) is 9.99. The monoisotopic (exact) mass is 222 g/mol. The second-order valence-corrected chi connectivity index (χ2v) is 4.42. The summed E-state index contributed by atoms with van der Waals surface area (Å²) in [6, 6.07) is 10.7. The van der Waals surface area contributed by atoms with Crippen molar-refractivity contribution in [3.8, 4) is 11.1 Å². The van der Waals surface area contributed by atoms with Crippen molar-refractivity contribution in [2.24, 2.45) is 0 Å². The van der Waals surface area contributed by atoms with E-state index in [0.717, 1.165) is 5.65 Å². The van der Waals surface area contributed by atoms with E-state index in [1.165, 1.54) is 27.6 Å². The van der Waals surface area contributed by atoms with Gasteiger partial charge in [0.15, 0.2) is 0 Å². The predicted octanol–water partition coefficient (Wildman–Crippen LogP) is 3.85. The summed E-state index contributed by atoms with van der Waals surface area (Å²) < 4.78 is 0. The van der Waals surface area contributed by atoms with Crippen LogP contribution in [0.4, 0.5) is 0 Å². The van der Waals surface area contributed by atoms with Crippen LogP contribution < -0.4 is 0 Å². The van der Waals surface area contributed by atoms with Crippen molar-refractivity contribution in [2.45, 2.75) is 13.8 Å². The highest BCUT2D eigenvalue weighted by atomic mass is 14.8. The number of hydrogen-bond donors (Lipinski definition) is 1. The van der Waals surface area contributed by atoms with Crippen LogP contribution in [0.1, 0.15) is 11.1 Å². The largest absolute Gasteiger partial charge is 0.346 e. The average Bonchev–Trinajstić information content (AvgIpc) is 2.77. The van der Waals surface area contributed by atoms with Gasteiger partial charge in [0.1, 0.15) is 5.65 Å². The quantitative estimate of drug-likeness (QED) is 0.665. The Morgan fingerprint density at radius 1 is 1.00 bits per heavy atom. The van der Waals surface area contributed by atoms with Crippen LogP contribution in [0.2, 0.25) is 0 Å². The summed E-state index contributed by atoms with van der Waals surface area (Å²) in [5, 5.41) is 1.18. The molecule has 0 amide bonds. The van der Waals surface area contributed by atoms with Gasteiger partial charge in [-0.3, -0.25) is 0 Å². The van der Waals surface area contributed by atoms with Crippen LogP contribution in [-0.2, 0) is 0 Å². The summed E-state index contributed by atoms with van der Waals surface area (Å²) in [7, 11) is 0. The topological polar surface area (TPSA) is 28.7 Å². The van der Waals surface area contributed by atoms with E-state index < -0.39 is 0 Å². The Bertz CT molecular complexity index is 680. The van der Waals surface area contributed by atoms with Gasteiger partial charge in [-0.25, -0.2) is 4.98 Å². The molecular formula is C15H14N2. The lowest BCUT2D eigenvalue weighted by molar-refractivity contribution is 1.32. The summed E-state index contributed by atoms with van der Waals surface area (Å²) >= 11 is 0. The second kappa shape index (κ2) is 3.74. The van der Waals surface area contributed by atoms with E-state index in [-0.39, 0.29) is 0 Å². The molecule has 84 valence electrons. The molecule has 0 atom stereocenters. The summed E-state index contributed by atoms with van der Waals surface area (Å²) in [6.45, 7) is 4.27. The van der Waals surface area contributed by atoms with Gasteiger partial charge in [-0.15, -0.1) is 0 Å². The lowest BCUT2D eigenvalue weighted by Gasteiger charge is -2.08. The molecule has 3 aromatic rings. The van der Waals surface area contributed by atoms with E-state index in [1.54, 1.807) is 0 Å². The molecule has 0 bridgehead atoms. The zero-order valence-corrected chi connectivity index (χ0v) is 9.99. The van der Waals surface area contributed by atoms with Crippen LogP contribution in [0.15, 0.2) is 42.7 Å². The Morgan fingerprint density at radius 3 is 2.71 bits per heavy atom. The molecule has 17 heavy (non-hydrogen) atoms. The van der Waals surface area contributed by atoms with Crippen molar-refractivity contribution in [2.75, 3.05) is 0 Å². The van der Waals surface area contributed by atoms with Crippen LogP contribution in [0.3, 0.4) is 0 Å². The standard InChI is InChI=1S/C15H14N2/c1-10-3-4-12(11(2)9-10)13-5-7-16-15-14(13)6-8-17-15/h3-9H,1-2H3,(H,16,17). The molecule has 0 saturated carbocycles. The van der Waals surface area contributed by atoms with Crippen LogP contribution >= 0.6 is 0 Å². The minimum Gasteiger partial charge on any atom is -0.346 e. The minimum absolute atomic E-state index is 0.947. The van der Waals surface area contributed by atoms with Crippen LogP contribution in [0, 0.1) is 13.8 Å². The normalized spacial score (nSPS) is 10.9. The third-order valence-electron chi connectivity index (χ3n) is 3.13. The van der Waals surface area contributed by atoms with Crippen molar-refractivity contribution in [3.63, 3.8) is 0 Å². The Hall–Kier alpha value is -2.09. The lowest BCUT2D eigenvalue weighted by atomic mass is 9.97. The molecule has 1 aromatic carbocycles. The number of hydrogen-bond acceptors (Lipinski definition) is 1. The molecule has 2 heteroatoms. The van der Waals surface area contributed by atoms with Crippen LogP contribution in [0.25, 0.3) is 22.2 Å². The average molecular weight is 222 g/mol. The fourth-order valence-corrected chi connectivity index (χ4v) is 2.31. The minimum atomic E-state index is 0.947. The molecule has 2 nitrogen and oxygen atoms in total. The van der Waals surface area contributed by atoms with E-state index >= 15 is 0 Å². The molecular weight excluding hydrogens is 208 g/mol. The van der Waals surface area contributed by atoms with Crippen molar-refractivity contribution < 1.29 is 0 Å². The fraction of sp³-hybridized carbons (Fsp3) is 0.133. The fourth-order valence-electron chi connectivity index (χ4n) is 2.31. The number of aromatic amines is 1. The van der Waals surface area contributed by atoms with E-state index in [0.29, 0.717) is 0 Å². The van der Waals surface area contributed by atoms with E-state index in [1.807, 2.05) is 12.4 Å². The smallest absolute Gasteiger partial charge is 0.137 e. The SMILES string of the molecule is Cc1ccc(-c2ccnc3[nH]ccc23)c(C)c1. The third-order valence-corrected chi connectivity index (χ3v) is 3.13. The highest BCUT2D eigenvalue weighted by Crippen LogP contribution is 2.29. The molecule has 2 heterocycles. The third kappa shape index (κ3) is 1.62. The van der Waals surface area contributed by atoms with Gasteiger partial charge >= 0.3 is 0 Å². The van der Waals surface area contributed by atoms with Gasteiger partial charge < -0.3 is 4.98 Å². The molecule has 0 aliphatic carbocycles. The lowest BCUT2D eigenvalue weighted by Crippen LogP contribution is -1.86. The highest BCUT2D eigenvalue weighted by molar-refractivity contribution is 5.93. The number of pyridine rings is 1. The Morgan fingerprint density at radius 2 is 1.88 bits per heavy atom. The van der Waals surface area contributed by atoms with Gasteiger partial charge in [-0.2, -0.15) is 0 Å². The predicted molar refractivity (Wildman–Crippen MR) is 71.0 cm³/mol. The molecule has 0 radical (unpaired) electrons. The summed E-state index contributed by atoms with van der Waals surface area (Å²) in [6.07, 6.45) is 3.79. The van der Waals surface area contributed by atoms with E-state index in [2.05, 4.69) is 54.1 Å². The number of benzene rings is 1. The number of aromatic nitrogens is 2. The van der Waals surface area contributed by atoms with Crippen molar-refractivity contribution in [1.29, 1.82) is 0 Å². The molecule has 0 unspecified atom stereocenters. The van der Waals surface area contributed by atoms with Crippen LogP contribution in [0.5, 0.6) is 0 Å². The molecule has 3 rings (SSSR count). The molecule has 0 aliphatic heterocycles. The first-order valence-electron chi connectivity index (χ1n) is 5.75. The highest BCUT2D eigenvalue weighted by Gasteiger charge is 2.07. The van der Waals surface area contributed by atoms with E-state index in [9.17, 15) is 0 Å². The number of nitrogens with one attached hydrogen (secondary N) is 1. The van der Waals surface area contributed by atoms with Gasteiger partial charge in [0.25, 0.3) is 0 Å². The van der Waals surface area contributed by atoms with Crippen molar-refractivity contribution >= 4 is 11.0 Å². The summed E-state index contributed by atoms with van der Waals surface area (Å²) in [5.74, 6) is 0. The Balaban J connectivity index is 2.30. The maximum Gasteiger partial charge on any atom is 0.137 e. The molecule has 1 N–H and O–H groups in total. The summed E-state index contributed by atoms with van der Waals surface area (Å²) in [5.41, 5.74) is 6.07. The number of rotatable bonds is 1. The van der Waals surface area contributed by atoms with Crippen molar-refractivity contribution in [3.05, 3.63) is 53.9 Å². The van der Waals surface area contributed by atoms with E-state index in [4.69, 9.17) is 0 Å². The van der Waals surface area contributed by atoms with Crippen LogP contribution in [-0.4, -0.2) is 9.97 Å². The first-order chi connectivity index (χ1) is 8.25. The Kier molecular flexibility index (Phi) is 2.22. The molecule has 0 aliphatic rings. The molecule has 0 fully saturated rings. The molecule has 2 aromatic heterocycles. The number of nitrogens with zero attached hydrogens (tertiary/aromatic N) is 1. The maximum absolute atomic E-state index is 4.32. The number of aryl methyl sites for hydroxylation is 2. The summed E-state index contributed by atoms with van der Waals surface area (Å²) in [4.78, 5) is 7.47. The van der Waals surface area contributed by atoms with Gasteiger partial charge in [-0.1, -0.05) is 23.8 Å². The van der Waals surface area contributed by atoms with Gasteiger partial charge in [0, 0.05) is 17.8 Å². The van der Waals surface area contributed by atoms with Gasteiger partial charge in [-0.05, 0) is 42.7 Å². The van der Waals surface area contributed by atoms with Crippen molar-refractivity contribution in [1.82, 2.24) is 9.97 Å². The van der Waals surface area contributed by atoms with Gasteiger partial charge in [0.05, 0.1) is 0 Å². The molecule has 0 spiro atoms. The zero-order chi connectivity index (χ0) is 11.8. The number of H-pyrrole nitrogens is 1. The molecule has 0 saturated heterocycles. The van der Waals surface area contributed by atoms with Gasteiger partial charge in [0.2, 0.25) is 0 Å². The first-order valence-corrected chi connectivity index (χ1v) is 5.75.